The van der Waals surface area contributed by atoms with E-state index < -0.39 is 23.8 Å². The van der Waals surface area contributed by atoms with Gasteiger partial charge in [0.25, 0.3) is 0 Å². The maximum atomic E-state index is 13.6. The molecule has 6 heteroatoms. The van der Waals surface area contributed by atoms with E-state index in [2.05, 4.69) is 20.8 Å². The first-order valence-corrected chi connectivity index (χ1v) is 20.1. The van der Waals surface area contributed by atoms with Crippen LogP contribution >= 0.6 is 0 Å². The first kappa shape index (κ1) is 26.7. The van der Waals surface area contributed by atoms with Gasteiger partial charge in [-0.05, 0) is 0 Å². The van der Waals surface area contributed by atoms with Gasteiger partial charge < -0.3 is 0 Å². The number of hydrogen-bond donors (Lipinski definition) is 1. The van der Waals surface area contributed by atoms with Crippen molar-refractivity contribution in [2.24, 2.45) is 5.41 Å². The Bertz CT molecular complexity index is 610. The molecule has 3 atom stereocenters. The van der Waals surface area contributed by atoms with Gasteiger partial charge in [0.2, 0.25) is 0 Å². The topological polar surface area (TPSA) is 68.9 Å². The van der Waals surface area contributed by atoms with Crippen LogP contribution < -0.4 is 0 Å². The zero-order valence-electron chi connectivity index (χ0n) is 20.2. The molecule has 0 aromatic carbocycles. The molecule has 1 saturated heterocycles. The predicted molar refractivity (Wildman–Crippen MR) is 127 cm³/mol. The number of esters is 1. The Morgan fingerprint density at radius 2 is 1.81 bits per heavy atom. The summed E-state index contributed by atoms with van der Waals surface area (Å²) >= 11 is -2.96. The summed E-state index contributed by atoms with van der Waals surface area (Å²) in [5, 5.41) is 9.97. The van der Waals surface area contributed by atoms with Gasteiger partial charge in [0.15, 0.2) is 0 Å². The molecule has 1 aliphatic heterocycles. The fraction of sp³-hybridized carbons (Fsp3) is 0.800. The SMILES string of the molecule is CCC[CH2][Sn]([CH2]CCC)([CH2]CCC)[C@H]1OCC[C@]1(C(=O)OC)[C@H](CCO)c1ccoc1. The molecule has 0 saturated carbocycles. The maximum absolute atomic E-state index is 13.6. The van der Waals surface area contributed by atoms with E-state index in [0.29, 0.717) is 19.4 Å². The Morgan fingerprint density at radius 1 is 1.19 bits per heavy atom. The van der Waals surface area contributed by atoms with Crippen LogP contribution in [0.1, 0.15) is 83.6 Å². The van der Waals surface area contributed by atoms with Crippen molar-refractivity contribution in [1.29, 1.82) is 0 Å². The van der Waals surface area contributed by atoms with Gasteiger partial charge in [0, 0.05) is 0 Å². The number of carbonyl (C=O) groups excluding carboxylic acids is 1. The number of unbranched alkanes of at least 4 members (excludes halogenated alkanes) is 3. The summed E-state index contributed by atoms with van der Waals surface area (Å²) in [5.41, 5.74) is 0.267. The summed E-state index contributed by atoms with van der Waals surface area (Å²) in [6.45, 7) is 7.42. The Kier molecular flexibility index (Phi) is 11.4. The van der Waals surface area contributed by atoms with Gasteiger partial charge in [-0.1, -0.05) is 0 Å². The predicted octanol–water partition coefficient (Wildman–Crippen LogP) is 6.08. The summed E-state index contributed by atoms with van der Waals surface area (Å²) in [6.07, 6.45) is 11.8. The summed E-state index contributed by atoms with van der Waals surface area (Å²) in [5.74, 6) is -0.294. The number of aliphatic hydroxyl groups is 1. The molecule has 0 bridgehead atoms. The number of furan rings is 1. The molecule has 1 N–H and O–H groups in total. The van der Waals surface area contributed by atoms with E-state index >= 15 is 0 Å². The van der Waals surface area contributed by atoms with Crippen LogP contribution in [0.25, 0.3) is 0 Å². The minimum atomic E-state index is -2.96. The molecule has 1 aromatic rings. The van der Waals surface area contributed by atoms with Gasteiger partial charge in [0.05, 0.1) is 0 Å². The molecule has 1 aromatic heterocycles. The van der Waals surface area contributed by atoms with Crippen LogP contribution in [0.4, 0.5) is 0 Å². The van der Waals surface area contributed by atoms with Crippen LogP contribution in [0.15, 0.2) is 23.0 Å². The summed E-state index contributed by atoms with van der Waals surface area (Å²) in [4.78, 5) is 13.6. The molecule has 5 nitrogen and oxygen atoms in total. The van der Waals surface area contributed by atoms with Gasteiger partial charge in [-0.25, -0.2) is 0 Å². The van der Waals surface area contributed by atoms with Crippen LogP contribution in [0.3, 0.4) is 0 Å². The molecule has 2 heterocycles. The van der Waals surface area contributed by atoms with E-state index in [4.69, 9.17) is 13.9 Å². The molecule has 0 spiro atoms. The molecule has 178 valence electrons. The molecule has 1 fully saturated rings. The standard InChI is InChI=1S/C13H17O5.3C4H9.Sn/c1-16-12(15)13(4-7-18-9-13)11(2-5-14)10-3-6-17-8-10;3*1-3-4-2;/h3,6,8-9,11,14H,2,4-5,7H2,1H3;3*1,3-4H2,2H3;/t11-,13-;;;;/m1..../s1. The Labute approximate surface area is 193 Å². The van der Waals surface area contributed by atoms with Gasteiger partial charge >= 0.3 is 194 Å². The monoisotopic (exact) mass is 544 g/mol. The van der Waals surface area contributed by atoms with Crippen molar-refractivity contribution >= 4 is 24.3 Å². The van der Waals surface area contributed by atoms with Gasteiger partial charge in [-0.3, -0.25) is 0 Å². The minimum absolute atomic E-state index is 0.00894. The molecule has 0 unspecified atom stereocenters. The van der Waals surface area contributed by atoms with E-state index in [-0.39, 0.29) is 22.6 Å². The van der Waals surface area contributed by atoms with Crippen molar-refractivity contribution in [1.82, 2.24) is 0 Å². The van der Waals surface area contributed by atoms with Crippen molar-refractivity contribution in [2.75, 3.05) is 20.3 Å². The quantitative estimate of drug-likeness (QED) is 0.215. The molecular weight excluding hydrogens is 499 g/mol. The van der Waals surface area contributed by atoms with Gasteiger partial charge in [-0.2, -0.15) is 0 Å². The van der Waals surface area contributed by atoms with E-state index in [9.17, 15) is 9.90 Å². The van der Waals surface area contributed by atoms with Crippen molar-refractivity contribution in [2.45, 2.75) is 95.5 Å². The van der Waals surface area contributed by atoms with Crippen molar-refractivity contribution < 1.29 is 23.8 Å². The Morgan fingerprint density at radius 3 is 2.26 bits per heavy atom. The van der Waals surface area contributed by atoms with Crippen LogP contribution in [-0.2, 0) is 14.3 Å². The van der Waals surface area contributed by atoms with Gasteiger partial charge in [-0.15, -0.1) is 0 Å². The molecule has 0 amide bonds. The van der Waals surface area contributed by atoms with Gasteiger partial charge in [0.1, 0.15) is 0 Å². The average molecular weight is 543 g/mol. The third-order valence-corrected chi connectivity index (χ3v) is 24.1. The average Bonchev–Trinajstić information content (AvgIpc) is 3.48. The molecular formula is C25H44O5Sn. The molecule has 0 radical (unpaired) electrons. The number of rotatable bonds is 15. The first-order chi connectivity index (χ1) is 15.1. The van der Waals surface area contributed by atoms with E-state index in [0.717, 1.165) is 5.56 Å². The zero-order valence-corrected chi connectivity index (χ0v) is 23.0. The Hall–Kier alpha value is -0.531. The van der Waals surface area contributed by atoms with E-state index in [1.165, 1.54) is 58.9 Å². The third kappa shape index (κ3) is 5.88. The molecule has 31 heavy (non-hydrogen) atoms. The normalized spacial score (nSPS) is 22.5. The fourth-order valence-electron chi connectivity index (χ4n) is 5.93. The summed E-state index contributed by atoms with van der Waals surface area (Å²) in [6, 6.07) is 1.95. The van der Waals surface area contributed by atoms with Crippen molar-refractivity contribution in [3.63, 3.8) is 0 Å². The second-order valence-corrected chi connectivity index (χ2v) is 22.9. The summed E-state index contributed by atoms with van der Waals surface area (Å²) in [7, 11) is 1.51. The number of ether oxygens (including phenoxy) is 2. The second kappa shape index (κ2) is 13.2. The number of hydrogen-bond acceptors (Lipinski definition) is 5. The number of carbonyl (C=O) groups is 1. The first-order valence-electron chi connectivity index (χ1n) is 12.4. The van der Waals surface area contributed by atoms with Crippen LogP contribution in [0, 0.1) is 5.41 Å². The van der Waals surface area contributed by atoms with E-state index in [1.54, 1.807) is 12.5 Å². The molecule has 2 rings (SSSR count). The summed E-state index contributed by atoms with van der Waals surface area (Å²) < 4.78 is 21.4. The third-order valence-electron chi connectivity index (χ3n) is 7.46. The second-order valence-electron chi connectivity index (χ2n) is 9.33. The number of aliphatic hydroxyl groups excluding tert-OH is 1. The number of methoxy groups -OCH3 is 1. The fourth-order valence-corrected chi connectivity index (χ4v) is 25.2. The van der Waals surface area contributed by atoms with Crippen molar-refractivity contribution in [3.8, 4) is 0 Å². The van der Waals surface area contributed by atoms with Crippen molar-refractivity contribution in [3.05, 3.63) is 24.2 Å². The van der Waals surface area contributed by atoms with Crippen LogP contribution in [0.2, 0.25) is 13.3 Å². The van der Waals surface area contributed by atoms with Crippen LogP contribution in [0.5, 0.6) is 0 Å². The molecule has 0 aliphatic carbocycles. The molecule has 1 aliphatic rings. The van der Waals surface area contributed by atoms with E-state index in [1.807, 2.05) is 6.07 Å². The Balaban J connectivity index is 2.63. The van der Waals surface area contributed by atoms with Crippen LogP contribution in [-0.4, -0.2) is 53.9 Å². The zero-order chi connectivity index (χ0) is 22.7.